The van der Waals surface area contributed by atoms with E-state index in [2.05, 4.69) is 27.8 Å². The van der Waals surface area contributed by atoms with Crippen LogP contribution in [-0.2, 0) is 13.1 Å². The summed E-state index contributed by atoms with van der Waals surface area (Å²) < 4.78 is 24.5. The lowest BCUT2D eigenvalue weighted by Crippen LogP contribution is -2.30. The summed E-state index contributed by atoms with van der Waals surface area (Å²) in [5.74, 6) is 2.48. The third-order valence-electron chi connectivity index (χ3n) is 6.01. The minimum Gasteiger partial charge on any atom is -0.504 e. The molecule has 1 aromatic heterocycles. The van der Waals surface area contributed by atoms with E-state index in [0.29, 0.717) is 29.5 Å². The molecule has 0 saturated carbocycles. The van der Waals surface area contributed by atoms with Crippen molar-refractivity contribution in [3.8, 4) is 28.7 Å². The van der Waals surface area contributed by atoms with Crippen molar-refractivity contribution in [3.05, 3.63) is 65.5 Å². The third-order valence-corrected chi connectivity index (χ3v) is 6.01. The topological polar surface area (TPSA) is 65.3 Å². The van der Waals surface area contributed by atoms with Crippen LogP contribution in [0.25, 0.3) is 0 Å². The Kier molecular flexibility index (Phi) is 6.46. The van der Waals surface area contributed by atoms with Crippen LogP contribution >= 0.6 is 0 Å². The Bertz CT molecular complexity index is 1080. The fraction of sp³-hybridized carbons (Fsp3) is 0.360. The molecule has 4 rings (SSSR count). The van der Waals surface area contributed by atoms with Crippen LogP contribution < -0.4 is 18.9 Å². The van der Waals surface area contributed by atoms with Gasteiger partial charge in [0, 0.05) is 37.1 Å². The molecule has 32 heavy (non-hydrogen) atoms. The van der Waals surface area contributed by atoms with Crippen LogP contribution in [0.3, 0.4) is 0 Å². The normalized spacial score (nSPS) is 16.2. The van der Waals surface area contributed by atoms with Gasteiger partial charge in [-0.1, -0.05) is 6.07 Å². The van der Waals surface area contributed by atoms with Crippen LogP contribution in [0.1, 0.15) is 29.3 Å². The summed E-state index contributed by atoms with van der Waals surface area (Å²) in [7, 11) is 6.45. The predicted octanol–water partition coefficient (Wildman–Crippen LogP) is 4.22. The molecule has 1 atom stereocenters. The first kappa shape index (κ1) is 21.9. The van der Waals surface area contributed by atoms with Crippen LogP contribution in [0.4, 0.5) is 0 Å². The Labute approximate surface area is 188 Å². The molecule has 170 valence electrons. The molecule has 1 unspecified atom stereocenters. The molecule has 0 amide bonds. The lowest BCUT2D eigenvalue weighted by Gasteiger charge is -2.32. The van der Waals surface area contributed by atoms with Gasteiger partial charge in [-0.05, 0) is 48.4 Å². The Balaban J connectivity index is 1.81. The first-order valence-electron chi connectivity index (χ1n) is 10.6. The van der Waals surface area contributed by atoms with E-state index < -0.39 is 0 Å². The monoisotopic (exact) mass is 438 g/mol. The summed E-state index contributed by atoms with van der Waals surface area (Å²) >= 11 is 0. The molecule has 1 aliphatic rings. The molecule has 2 aromatic carbocycles. The fourth-order valence-corrected chi connectivity index (χ4v) is 4.57. The molecular weight excluding hydrogens is 408 g/mol. The number of ether oxygens (including phenoxy) is 4. The van der Waals surface area contributed by atoms with Gasteiger partial charge in [-0.2, -0.15) is 0 Å². The van der Waals surface area contributed by atoms with E-state index in [0.717, 1.165) is 30.6 Å². The summed E-state index contributed by atoms with van der Waals surface area (Å²) in [5, 5.41) is 10.3. The van der Waals surface area contributed by atoms with E-state index in [-0.39, 0.29) is 11.8 Å². The number of fused-ring (bicyclic) bond motifs is 1. The SMILES string of the molecule is COc1ccc(CN2CCCn3cccc3C2c2ccc(OC)c(OC)c2OC)cc1O. The van der Waals surface area contributed by atoms with Gasteiger partial charge in [0.2, 0.25) is 5.75 Å². The Morgan fingerprint density at radius 2 is 1.62 bits per heavy atom. The molecule has 7 heteroatoms. The molecule has 0 fully saturated rings. The molecule has 1 N–H and O–H groups in total. The van der Waals surface area contributed by atoms with Crippen molar-refractivity contribution in [1.29, 1.82) is 0 Å². The minimum absolute atomic E-state index is 0.0634. The molecule has 7 nitrogen and oxygen atoms in total. The largest absolute Gasteiger partial charge is 0.504 e. The number of methoxy groups -OCH3 is 4. The number of rotatable bonds is 7. The molecule has 0 bridgehead atoms. The summed E-state index contributed by atoms with van der Waals surface area (Å²) in [5.41, 5.74) is 3.20. The number of phenolic OH excluding ortho intramolecular Hbond substituents is 1. The van der Waals surface area contributed by atoms with Crippen molar-refractivity contribution < 1.29 is 24.1 Å². The third kappa shape index (κ3) is 3.96. The number of aryl methyl sites for hydroxylation is 1. The van der Waals surface area contributed by atoms with Crippen LogP contribution in [0.5, 0.6) is 28.7 Å². The Hall–Kier alpha value is -3.32. The van der Waals surface area contributed by atoms with Gasteiger partial charge in [-0.15, -0.1) is 0 Å². The second kappa shape index (κ2) is 9.44. The van der Waals surface area contributed by atoms with E-state index in [1.54, 1.807) is 40.6 Å². The molecule has 3 aromatic rings. The summed E-state index contributed by atoms with van der Waals surface area (Å²) in [6, 6.07) is 13.7. The standard InChI is InChI=1S/C25H30N2O5/c1-29-21-10-8-17(15-20(21)28)16-27-14-6-13-26-12-5-7-19(26)23(27)18-9-11-22(30-2)25(32-4)24(18)31-3/h5,7-12,15,23,28H,6,13-14,16H2,1-4H3. The van der Waals surface area contributed by atoms with Crippen molar-refractivity contribution in [2.45, 2.75) is 25.6 Å². The summed E-state index contributed by atoms with van der Waals surface area (Å²) in [4.78, 5) is 2.41. The smallest absolute Gasteiger partial charge is 0.203 e. The van der Waals surface area contributed by atoms with Crippen LogP contribution in [-0.4, -0.2) is 49.6 Å². The average Bonchev–Trinajstić information content (AvgIpc) is 3.19. The first-order chi connectivity index (χ1) is 15.6. The number of hydrogen-bond donors (Lipinski definition) is 1. The maximum Gasteiger partial charge on any atom is 0.203 e. The fourth-order valence-electron chi connectivity index (χ4n) is 4.57. The van der Waals surface area contributed by atoms with Crippen molar-refractivity contribution in [1.82, 2.24) is 9.47 Å². The highest BCUT2D eigenvalue weighted by atomic mass is 16.5. The van der Waals surface area contributed by atoms with Crippen molar-refractivity contribution in [2.75, 3.05) is 35.0 Å². The highest BCUT2D eigenvalue weighted by Gasteiger charge is 2.32. The van der Waals surface area contributed by atoms with Crippen molar-refractivity contribution in [3.63, 3.8) is 0 Å². The second-order valence-corrected chi connectivity index (χ2v) is 7.78. The second-order valence-electron chi connectivity index (χ2n) is 7.78. The summed E-state index contributed by atoms with van der Waals surface area (Å²) in [6.45, 7) is 2.49. The van der Waals surface area contributed by atoms with E-state index in [1.807, 2.05) is 18.2 Å². The zero-order chi connectivity index (χ0) is 22.7. The zero-order valence-electron chi connectivity index (χ0n) is 19.0. The van der Waals surface area contributed by atoms with Crippen molar-refractivity contribution >= 4 is 0 Å². The molecule has 0 saturated heterocycles. The maximum absolute atomic E-state index is 10.3. The van der Waals surface area contributed by atoms with Gasteiger partial charge in [0.1, 0.15) is 0 Å². The number of nitrogens with zero attached hydrogens (tertiary/aromatic N) is 2. The lowest BCUT2D eigenvalue weighted by molar-refractivity contribution is 0.214. The number of hydrogen-bond acceptors (Lipinski definition) is 6. The number of aromatic hydroxyl groups is 1. The van der Waals surface area contributed by atoms with Gasteiger partial charge in [0.25, 0.3) is 0 Å². The Morgan fingerprint density at radius 3 is 2.31 bits per heavy atom. The van der Waals surface area contributed by atoms with Gasteiger partial charge >= 0.3 is 0 Å². The molecule has 2 heterocycles. The van der Waals surface area contributed by atoms with Gasteiger partial charge in [0.15, 0.2) is 23.0 Å². The number of benzene rings is 2. The first-order valence-corrected chi connectivity index (χ1v) is 10.6. The zero-order valence-corrected chi connectivity index (χ0v) is 19.0. The van der Waals surface area contributed by atoms with Crippen LogP contribution in [0, 0.1) is 0 Å². The minimum atomic E-state index is -0.0634. The molecule has 0 aliphatic carbocycles. The molecular formula is C25H30N2O5. The maximum atomic E-state index is 10.3. The highest BCUT2D eigenvalue weighted by Crippen LogP contribution is 2.46. The molecule has 0 spiro atoms. The van der Waals surface area contributed by atoms with Gasteiger partial charge < -0.3 is 28.6 Å². The quantitative estimate of drug-likeness (QED) is 0.596. The van der Waals surface area contributed by atoms with E-state index in [4.69, 9.17) is 18.9 Å². The van der Waals surface area contributed by atoms with Gasteiger partial charge in [-0.25, -0.2) is 0 Å². The molecule has 1 aliphatic heterocycles. The predicted molar refractivity (Wildman–Crippen MR) is 122 cm³/mol. The number of phenols is 1. The van der Waals surface area contributed by atoms with Crippen molar-refractivity contribution in [2.24, 2.45) is 0 Å². The van der Waals surface area contributed by atoms with Crippen LogP contribution in [0.2, 0.25) is 0 Å². The highest BCUT2D eigenvalue weighted by molar-refractivity contribution is 5.58. The Morgan fingerprint density at radius 1 is 0.875 bits per heavy atom. The average molecular weight is 439 g/mol. The molecule has 0 radical (unpaired) electrons. The van der Waals surface area contributed by atoms with Crippen LogP contribution in [0.15, 0.2) is 48.7 Å². The van der Waals surface area contributed by atoms with E-state index in [1.165, 1.54) is 5.69 Å². The van der Waals surface area contributed by atoms with Gasteiger partial charge in [0.05, 0.1) is 34.5 Å². The van der Waals surface area contributed by atoms with E-state index in [9.17, 15) is 5.11 Å². The van der Waals surface area contributed by atoms with Gasteiger partial charge in [-0.3, -0.25) is 4.90 Å². The number of aromatic nitrogens is 1. The summed E-state index contributed by atoms with van der Waals surface area (Å²) in [6.07, 6.45) is 3.13. The van der Waals surface area contributed by atoms with E-state index >= 15 is 0 Å². The lowest BCUT2D eigenvalue weighted by atomic mass is 9.99.